The van der Waals surface area contributed by atoms with Gasteiger partial charge in [0.25, 0.3) is 5.89 Å². The molecule has 0 aliphatic carbocycles. The first kappa shape index (κ1) is 18.5. The Morgan fingerprint density at radius 2 is 2.35 bits per heavy atom. The van der Waals surface area contributed by atoms with Gasteiger partial charge < -0.3 is 14.5 Å². The molecule has 1 atom stereocenters. The molecular weight excluding hydrogens is 378 g/mol. The van der Waals surface area contributed by atoms with Crippen molar-refractivity contribution in [2.24, 2.45) is 0 Å². The third kappa shape index (κ3) is 5.13. The minimum atomic E-state index is -0.595. The van der Waals surface area contributed by atoms with E-state index >= 15 is 0 Å². The van der Waals surface area contributed by atoms with Crippen LogP contribution in [0, 0.1) is 0 Å². The highest BCUT2D eigenvalue weighted by Crippen LogP contribution is 2.20. The molecule has 26 heavy (non-hydrogen) atoms. The molecule has 3 heterocycles. The van der Waals surface area contributed by atoms with E-state index in [0.717, 1.165) is 29.0 Å². The number of amides is 1. The average molecular weight is 397 g/mol. The third-order valence-electron chi connectivity index (χ3n) is 3.72. The first-order valence-corrected chi connectivity index (χ1v) is 9.47. The lowest BCUT2D eigenvalue weighted by molar-refractivity contribution is -0.121. The predicted molar refractivity (Wildman–Crippen MR) is 99.5 cm³/mol. The van der Waals surface area contributed by atoms with E-state index in [-0.39, 0.29) is 30.9 Å². The van der Waals surface area contributed by atoms with Crippen molar-refractivity contribution in [2.75, 3.05) is 13.2 Å². The number of nitrogens with one attached hydrogen (secondary N) is 3. The summed E-state index contributed by atoms with van der Waals surface area (Å²) in [5.74, 6) is -0.662. The normalized spacial score (nSPS) is 16.4. The molecule has 1 fully saturated rings. The van der Waals surface area contributed by atoms with Crippen molar-refractivity contribution in [3.05, 3.63) is 28.1 Å². The quantitative estimate of drug-likeness (QED) is 0.481. The number of hydrogen-bond acceptors (Lipinski definition) is 7. The molecule has 2 aromatic rings. The van der Waals surface area contributed by atoms with E-state index < -0.39 is 5.76 Å². The van der Waals surface area contributed by atoms with Gasteiger partial charge in [0.15, 0.2) is 5.11 Å². The summed E-state index contributed by atoms with van der Waals surface area (Å²) in [5.41, 5.74) is 5.10. The predicted octanol–water partition coefficient (Wildman–Crippen LogP) is 0.629. The number of carbonyl (C=O) groups is 1. The number of ether oxygens (including phenoxy) is 1. The molecule has 1 aliphatic rings. The largest absolute Gasteiger partial charge is 0.437 e. The number of aromatic nitrogens is 2. The van der Waals surface area contributed by atoms with Crippen LogP contribution >= 0.6 is 23.6 Å². The number of hydrazine groups is 1. The Bertz CT molecular complexity index is 795. The van der Waals surface area contributed by atoms with Crippen molar-refractivity contribution in [2.45, 2.75) is 31.9 Å². The zero-order valence-corrected chi connectivity index (χ0v) is 15.5. The summed E-state index contributed by atoms with van der Waals surface area (Å²) in [6.07, 6.45) is 2.26. The maximum Gasteiger partial charge on any atom is 0.437 e. The fourth-order valence-corrected chi connectivity index (χ4v) is 3.18. The average Bonchev–Trinajstić information content (AvgIpc) is 3.37. The van der Waals surface area contributed by atoms with Gasteiger partial charge in [-0.1, -0.05) is 6.07 Å². The van der Waals surface area contributed by atoms with Crippen LogP contribution in [0.1, 0.15) is 19.3 Å². The SMILES string of the molecule is O=C(CCn1nc(-c2cccs2)oc1=O)NNC(=S)NC[C@@H]1CCCO1. The summed E-state index contributed by atoms with van der Waals surface area (Å²) in [5, 5.41) is 9.25. The van der Waals surface area contributed by atoms with Gasteiger partial charge in [0.2, 0.25) is 5.91 Å². The number of thiophene rings is 1. The number of thiocarbonyl (C=S) groups is 1. The van der Waals surface area contributed by atoms with E-state index in [4.69, 9.17) is 21.4 Å². The molecule has 11 heteroatoms. The third-order valence-corrected chi connectivity index (χ3v) is 4.82. The lowest BCUT2D eigenvalue weighted by atomic mass is 10.2. The van der Waals surface area contributed by atoms with Crippen molar-refractivity contribution < 1.29 is 13.9 Å². The summed E-state index contributed by atoms with van der Waals surface area (Å²) in [6.45, 7) is 1.48. The second kappa shape index (κ2) is 8.92. The number of hydrogen-bond donors (Lipinski definition) is 3. The van der Waals surface area contributed by atoms with E-state index in [1.165, 1.54) is 11.3 Å². The van der Waals surface area contributed by atoms with Gasteiger partial charge in [0.05, 0.1) is 17.5 Å². The minimum Gasteiger partial charge on any atom is -0.387 e. The second-order valence-corrected chi connectivity index (χ2v) is 7.00. The second-order valence-electron chi connectivity index (χ2n) is 5.64. The van der Waals surface area contributed by atoms with Crippen LogP contribution in [0.3, 0.4) is 0 Å². The highest BCUT2D eigenvalue weighted by Gasteiger charge is 2.15. The lowest BCUT2D eigenvalue weighted by Crippen LogP contribution is -2.48. The zero-order valence-electron chi connectivity index (χ0n) is 13.9. The molecule has 0 aromatic carbocycles. The summed E-state index contributed by atoms with van der Waals surface area (Å²) < 4.78 is 11.7. The molecule has 2 aromatic heterocycles. The van der Waals surface area contributed by atoms with Gasteiger partial charge in [-0.05, 0) is 36.5 Å². The Kier molecular flexibility index (Phi) is 6.36. The number of nitrogens with zero attached hydrogens (tertiary/aromatic N) is 2. The summed E-state index contributed by atoms with van der Waals surface area (Å²) in [4.78, 5) is 24.4. The Labute approximate surface area is 158 Å². The first-order valence-electron chi connectivity index (χ1n) is 8.18. The Morgan fingerprint density at radius 3 is 3.08 bits per heavy atom. The van der Waals surface area contributed by atoms with Gasteiger partial charge in [-0.15, -0.1) is 16.4 Å². The molecule has 0 unspecified atom stereocenters. The summed E-state index contributed by atoms with van der Waals surface area (Å²) in [6, 6.07) is 3.65. The standard InChI is InChI=1S/C15H19N5O4S2/c21-12(17-18-14(25)16-9-10-3-1-7-23-10)5-6-20-15(22)24-13(19-20)11-4-2-8-26-11/h2,4,8,10H,1,3,5-7,9H2,(H,17,21)(H2,16,18,25)/t10-/m0/s1. The maximum atomic E-state index is 11.9. The van der Waals surface area contributed by atoms with Crippen LogP contribution in [0.15, 0.2) is 26.7 Å². The fraction of sp³-hybridized carbons (Fsp3) is 0.467. The van der Waals surface area contributed by atoms with Crippen molar-refractivity contribution in [3.8, 4) is 10.8 Å². The van der Waals surface area contributed by atoms with Crippen LogP contribution in [0.5, 0.6) is 0 Å². The van der Waals surface area contributed by atoms with Crippen LogP contribution in [-0.2, 0) is 16.1 Å². The minimum absolute atomic E-state index is 0.0532. The van der Waals surface area contributed by atoms with E-state index in [1.54, 1.807) is 0 Å². The highest BCUT2D eigenvalue weighted by molar-refractivity contribution is 7.80. The number of aryl methyl sites for hydroxylation is 1. The Morgan fingerprint density at radius 1 is 1.46 bits per heavy atom. The van der Waals surface area contributed by atoms with Crippen molar-refractivity contribution in [1.82, 2.24) is 25.9 Å². The van der Waals surface area contributed by atoms with Gasteiger partial charge in [-0.25, -0.2) is 4.79 Å². The van der Waals surface area contributed by atoms with Gasteiger partial charge in [0.1, 0.15) is 0 Å². The summed E-state index contributed by atoms with van der Waals surface area (Å²) in [7, 11) is 0. The zero-order chi connectivity index (χ0) is 18.4. The molecule has 3 N–H and O–H groups in total. The van der Waals surface area contributed by atoms with Gasteiger partial charge in [-0.2, -0.15) is 4.68 Å². The molecule has 0 spiro atoms. The molecule has 0 saturated carbocycles. The van der Waals surface area contributed by atoms with Crippen LogP contribution < -0.4 is 21.9 Å². The van der Waals surface area contributed by atoms with Crippen LogP contribution in [0.4, 0.5) is 0 Å². The Hall–Kier alpha value is -2.24. The van der Waals surface area contributed by atoms with E-state index in [1.807, 2.05) is 17.5 Å². The van der Waals surface area contributed by atoms with Gasteiger partial charge >= 0.3 is 5.76 Å². The lowest BCUT2D eigenvalue weighted by Gasteiger charge is -2.14. The van der Waals surface area contributed by atoms with Crippen molar-refractivity contribution in [3.63, 3.8) is 0 Å². The molecule has 3 rings (SSSR count). The van der Waals surface area contributed by atoms with E-state index in [0.29, 0.717) is 11.7 Å². The van der Waals surface area contributed by atoms with Crippen molar-refractivity contribution >= 4 is 34.6 Å². The van der Waals surface area contributed by atoms with Crippen LogP contribution in [0.2, 0.25) is 0 Å². The summed E-state index contributed by atoms with van der Waals surface area (Å²) >= 11 is 6.50. The van der Waals surface area contributed by atoms with Crippen LogP contribution in [-0.4, -0.2) is 40.1 Å². The van der Waals surface area contributed by atoms with E-state index in [9.17, 15) is 9.59 Å². The molecule has 0 bridgehead atoms. The fourth-order valence-electron chi connectivity index (χ4n) is 2.40. The smallest absolute Gasteiger partial charge is 0.387 e. The van der Waals surface area contributed by atoms with Crippen molar-refractivity contribution in [1.29, 1.82) is 0 Å². The molecule has 9 nitrogen and oxygen atoms in total. The van der Waals surface area contributed by atoms with E-state index in [2.05, 4.69) is 21.3 Å². The van der Waals surface area contributed by atoms with Gasteiger partial charge in [-0.3, -0.25) is 15.6 Å². The molecule has 1 amide bonds. The van der Waals surface area contributed by atoms with Gasteiger partial charge in [0, 0.05) is 19.6 Å². The maximum absolute atomic E-state index is 11.9. The van der Waals surface area contributed by atoms with Crippen LogP contribution in [0.25, 0.3) is 10.8 Å². The Balaban J connectivity index is 1.38. The number of rotatable bonds is 6. The first-order chi connectivity index (χ1) is 12.6. The molecule has 140 valence electrons. The molecule has 1 aliphatic heterocycles. The molecule has 1 saturated heterocycles. The molecule has 0 radical (unpaired) electrons. The monoisotopic (exact) mass is 397 g/mol. The number of carbonyl (C=O) groups excluding carboxylic acids is 1. The molecular formula is C15H19N5O4S2. The topological polar surface area (TPSA) is 110 Å². The highest BCUT2D eigenvalue weighted by atomic mass is 32.1.